The Hall–Kier alpha value is -2.00. The lowest BCUT2D eigenvalue weighted by Crippen LogP contribution is -2.41. The third kappa shape index (κ3) is 3.57. The minimum atomic E-state index is -4.37. The van der Waals surface area contributed by atoms with Gasteiger partial charge in [0, 0.05) is 6.04 Å². The van der Waals surface area contributed by atoms with E-state index >= 15 is 0 Å². The molecule has 2 aromatic rings. The predicted molar refractivity (Wildman–Crippen MR) is 79.3 cm³/mol. The minimum Gasteiger partial charge on any atom is -0.395 e. The van der Waals surface area contributed by atoms with E-state index in [-0.39, 0.29) is 12.6 Å². The lowest BCUT2D eigenvalue weighted by Gasteiger charge is -2.33. The summed E-state index contributed by atoms with van der Waals surface area (Å²) in [6.07, 6.45) is -1.34. The quantitative estimate of drug-likeness (QED) is 0.922. The number of benzene rings is 1. The number of piperidine rings is 1. The molecule has 1 fully saturated rings. The summed E-state index contributed by atoms with van der Waals surface area (Å²) >= 11 is 0. The number of rotatable bonds is 4. The van der Waals surface area contributed by atoms with Crippen LogP contribution in [0.2, 0.25) is 0 Å². The van der Waals surface area contributed by atoms with E-state index in [1.54, 1.807) is 0 Å². The summed E-state index contributed by atoms with van der Waals surface area (Å²) in [7, 11) is 0. The fourth-order valence-corrected chi connectivity index (χ4v) is 2.95. The first-order valence-electron chi connectivity index (χ1n) is 7.79. The topological polar surface area (TPSA) is 67.1 Å². The van der Waals surface area contributed by atoms with Gasteiger partial charge in [0.1, 0.15) is 0 Å². The maximum atomic E-state index is 12.7. The Morgan fingerprint density at radius 1 is 1.17 bits per heavy atom. The average molecular weight is 341 g/mol. The second-order valence-electron chi connectivity index (χ2n) is 5.85. The second kappa shape index (κ2) is 6.86. The summed E-state index contributed by atoms with van der Waals surface area (Å²) in [5.41, 5.74) is -0.238. The maximum Gasteiger partial charge on any atom is 0.416 e. The monoisotopic (exact) mass is 341 g/mol. The SMILES string of the molecule is OCC1CCCCN1Cc1nnnn1-c1ccc(C(F)(F)F)cc1. The standard InChI is InChI=1S/C15H18F3N5O/c16-15(17,18)11-4-6-12(7-5-11)23-14(19-20-21-23)9-22-8-2-1-3-13(22)10-24/h4-7,13,24H,1-3,8-10H2. The Bertz CT molecular complexity index is 670. The number of hydrogen-bond donors (Lipinski definition) is 1. The van der Waals surface area contributed by atoms with E-state index in [0.29, 0.717) is 18.1 Å². The molecule has 1 N–H and O–H groups in total. The van der Waals surface area contributed by atoms with Crippen LogP contribution in [0.15, 0.2) is 24.3 Å². The van der Waals surface area contributed by atoms with Crippen molar-refractivity contribution in [1.82, 2.24) is 25.1 Å². The highest BCUT2D eigenvalue weighted by Gasteiger charge is 2.30. The molecule has 9 heteroatoms. The third-order valence-electron chi connectivity index (χ3n) is 4.28. The molecule has 0 saturated carbocycles. The molecule has 3 rings (SSSR count). The summed E-state index contributed by atoms with van der Waals surface area (Å²) in [6, 6.07) is 4.79. The zero-order chi connectivity index (χ0) is 17.2. The van der Waals surface area contributed by atoms with Crippen molar-refractivity contribution in [1.29, 1.82) is 0 Å². The van der Waals surface area contributed by atoms with E-state index in [9.17, 15) is 18.3 Å². The summed E-state index contributed by atoms with van der Waals surface area (Å²) in [5, 5.41) is 21.0. The van der Waals surface area contributed by atoms with Crippen LogP contribution in [0.5, 0.6) is 0 Å². The van der Waals surface area contributed by atoms with Gasteiger partial charge in [-0.15, -0.1) is 5.10 Å². The molecular formula is C15H18F3N5O. The second-order valence-corrected chi connectivity index (χ2v) is 5.85. The van der Waals surface area contributed by atoms with Crippen LogP contribution in [0.3, 0.4) is 0 Å². The lowest BCUT2D eigenvalue weighted by atomic mass is 10.0. The summed E-state index contributed by atoms with van der Waals surface area (Å²) < 4.78 is 39.4. The summed E-state index contributed by atoms with van der Waals surface area (Å²) in [5.74, 6) is 0.537. The molecular weight excluding hydrogens is 323 g/mol. The van der Waals surface area contributed by atoms with Gasteiger partial charge in [-0.05, 0) is 54.1 Å². The fraction of sp³-hybridized carbons (Fsp3) is 0.533. The average Bonchev–Trinajstić information content (AvgIpc) is 3.03. The molecule has 6 nitrogen and oxygen atoms in total. The van der Waals surface area contributed by atoms with Crippen LogP contribution in [0.1, 0.15) is 30.7 Å². The molecule has 0 aliphatic carbocycles. The van der Waals surface area contributed by atoms with Crippen molar-refractivity contribution in [3.8, 4) is 5.69 Å². The van der Waals surface area contributed by atoms with Crippen molar-refractivity contribution in [3.63, 3.8) is 0 Å². The van der Waals surface area contributed by atoms with Gasteiger partial charge in [-0.25, -0.2) is 0 Å². The van der Waals surface area contributed by atoms with Crippen LogP contribution in [-0.2, 0) is 12.7 Å². The number of tetrazole rings is 1. The first kappa shape index (κ1) is 16.8. The molecule has 1 aromatic heterocycles. The lowest BCUT2D eigenvalue weighted by molar-refractivity contribution is -0.137. The molecule has 0 amide bonds. The van der Waals surface area contributed by atoms with Crippen LogP contribution in [0.4, 0.5) is 13.2 Å². The van der Waals surface area contributed by atoms with Crippen LogP contribution in [0, 0.1) is 0 Å². The molecule has 2 heterocycles. The van der Waals surface area contributed by atoms with Gasteiger partial charge < -0.3 is 5.11 Å². The minimum absolute atomic E-state index is 0.0662. The smallest absolute Gasteiger partial charge is 0.395 e. The first-order valence-corrected chi connectivity index (χ1v) is 7.79. The number of likely N-dealkylation sites (tertiary alicyclic amines) is 1. The van der Waals surface area contributed by atoms with Gasteiger partial charge in [-0.2, -0.15) is 17.9 Å². The Morgan fingerprint density at radius 2 is 1.92 bits per heavy atom. The van der Waals surface area contributed by atoms with Crippen molar-refractivity contribution in [2.75, 3.05) is 13.2 Å². The van der Waals surface area contributed by atoms with E-state index in [2.05, 4.69) is 20.4 Å². The highest BCUT2D eigenvalue weighted by molar-refractivity contribution is 5.35. The number of aromatic nitrogens is 4. The zero-order valence-corrected chi connectivity index (χ0v) is 12.9. The predicted octanol–water partition coefficient (Wildman–Crippen LogP) is 2.03. The molecule has 0 radical (unpaired) electrons. The molecule has 24 heavy (non-hydrogen) atoms. The van der Waals surface area contributed by atoms with Gasteiger partial charge in [-0.1, -0.05) is 6.42 Å². The maximum absolute atomic E-state index is 12.7. The van der Waals surface area contributed by atoms with Crippen LogP contribution < -0.4 is 0 Å². The van der Waals surface area contributed by atoms with Gasteiger partial charge in [0.05, 0.1) is 24.4 Å². The highest BCUT2D eigenvalue weighted by atomic mass is 19.4. The van der Waals surface area contributed by atoms with Crippen molar-refractivity contribution < 1.29 is 18.3 Å². The van der Waals surface area contributed by atoms with E-state index in [1.807, 2.05) is 0 Å². The molecule has 1 saturated heterocycles. The van der Waals surface area contributed by atoms with Gasteiger partial charge >= 0.3 is 6.18 Å². The zero-order valence-electron chi connectivity index (χ0n) is 12.9. The molecule has 1 aromatic carbocycles. The number of halogens is 3. The van der Waals surface area contributed by atoms with Crippen molar-refractivity contribution in [2.24, 2.45) is 0 Å². The summed E-state index contributed by atoms with van der Waals surface area (Å²) in [6.45, 7) is 1.35. The number of nitrogens with zero attached hydrogens (tertiary/aromatic N) is 5. The first-order chi connectivity index (χ1) is 11.5. The van der Waals surface area contributed by atoms with Crippen LogP contribution in [0.25, 0.3) is 5.69 Å². The van der Waals surface area contributed by atoms with Crippen LogP contribution >= 0.6 is 0 Å². The Kier molecular flexibility index (Phi) is 4.81. The van der Waals surface area contributed by atoms with Crippen molar-refractivity contribution in [3.05, 3.63) is 35.7 Å². The molecule has 1 unspecified atom stereocenters. The third-order valence-corrected chi connectivity index (χ3v) is 4.28. The molecule has 0 bridgehead atoms. The van der Waals surface area contributed by atoms with E-state index in [4.69, 9.17) is 0 Å². The van der Waals surface area contributed by atoms with Gasteiger partial charge in [0.2, 0.25) is 0 Å². The Labute approximate surface area is 136 Å². The van der Waals surface area contributed by atoms with Gasteiger partial charge in [-0.3, -0.25) is 4.90 Å². The number of alkyl halides is 3. The van der Waals surface area contributed by atoms with Gasteiger partial charge in [0.15, 0.2) is 5.82 Å². The molecule has 1 aliphatic heterocycles. The highest BCUT2D eigenvalue weighted by Crippen LogP contribution is 2.29. The Morgan fingerprint density at radius 3 is 2.58 bits per heavy atom. The van der Waals surface area contributed by atoms with Crippen molar-refractivity contribution >= 4 is 0 Å². The van der Waals surface area contributed by atoms with Gasteiger partial charge in [0.25, 0.3) is 0 Å². The summed E-state index contributed by atoms with van der Waals surface area (Å²) in [4.78, 5) is 2.11. The number of aliphatic hydroxyl groups excluding tert-OH is 1. The van der Waals surface area contributed by atoms with Crippen molar-refractivity contribution in [2.45, 2.75) is 38.0 Å². The largest absolute Gasteiger partial charge is 0.416 e. The molecule has 1 atom stereocenters. The fourth-order valence-electron chi connectivity index (χ4n) is 2.95. The normalized spacial score (nSPS) is 19.6. The number of aliphatic hydroxyl groups is 1. The molecule has 0 spiro atoms. The van der Waals surface area contributed by atoms with E-state index < -0.39 is 11.7 Å². The van der Waals surface area contributed by atoms with E-state index in [1.165, 1.54) is 16.8 Å². The Balaban J connectivity index is 1.80. The molecule has 1 aliphatic rings. The molecule has 130 valence electrons. The van der Waals surface area contributed by atoms with E-state index in [0.717, 1.165) is 37.9 Å². The van der Waals surface area contributed by atoms with Crippen LogP contribution in [-0.4, -0.2) is 49.4 Å². The number of hydrogen-bond acceptors (Lipinski definition) is 5.